The Labute approximate surface area is 156 Å². The fraction of sp³-hybridized carbons (Fsp3) is 0.211. The Morgan fingerprint density at radius 1 is 1.08 bits per heavy atom. The fourth-order valence-electron chi connectivity index (χ4n) is 2.40. The number of nitrogens with zero attached hydrogens (tertiary/aromatic N) is 3. The maximum Gasteiger partial charge on any atom is 0.191 e. The van der Waals surface area contributed by atoms with Crippen molar-refractivity contribution in [2.75, 3.05) is 5.75 Å². The summed E-state index contributed by atoms with van der Waals surface area (Å²) in [5.41, 5.74) is 2.14. The summed E-state index contributed by atoms with van der Waals surface area (Å²) in [7, 11) is 0. The van der Waals surface area contributed by atoms with E-state index in [1.54, 1.807) is 18.7 Å². The quantitative estimate of drug-likeness (QED) is 0.564. The zero-order valence-electron chi connectivity index (χ0n) is 13.9. The third-order valence-corrected chi connectivity index (χ3v) is 4.91. The van der Waals surface area contributed by atoms with Crippen LogP contribution in [0.25, 0.3) is 11.4 Å². The Kier molecular flexibility index (Phi) is 5.89. The largest absolute Gasteiger partial charge is 0.300 e. The van der Waals surface area contributed by atoms with E-state index in [4.69, 9.17) is 11.6 Å². The Morgan fingerprint density at radius 2 is 1.80 bits per heavy atom. The number of ketones is 1. The van der Waals surface area contributed by atoms with Crippen LogP contribution in [0.15, 0.2) is 59.8 Å². The highest BCUT2D eigenvalue weighted by Crippen LogP contribution is 2.26. The van der Waals surface area contributed by atoms with Crippen molar-refractivity contribution in [1.29, 1.82) is 0 Å². The minimum absolute atomic E-state index is 0.180. The molecule has 0 aliphatic carbocycles. The van der Waals surface area contributed by atoms with Crippen LogP contribution in [0, 0.1) is 0 Å². The lowest BCUT2D eigenvalue weighted by Gasteiger charge is -2.10. The van der Waals surface area contributed by atoms with Gasteiger partial charge < -0.3 is 0 Å². The zero-order valence-corrected chi connectivity index (χ0v) is 15.4. The molecule has 0 bridgehead atoms. The highest BCUT2D eigenvalue weighted by atomic mass is 35.5. The average molecular weight is 372 g/mol. The predicted molar refractivity (Wildman–Crippen MR) is 102 cm³/mol. The summed E-state index contributed by atoms with van der Waals surface area (Å²) in [5, 5.41) is 10.2. The molecule has 0 fully saturated rings. The first-order chi connectivity index (χ1) is 12.1. The van der Waals surface area contributed by atoms with Crippen LogP contribution in [0.2, 0.25) is 5.02 Å². The van der Waals surface area contributed by atoms with Crippen LogP contribution in [0.1, 0.15) is 18.9 Å². The summed E-state index contributed by atoms with van der Waals surface area (Å²) in [6.07, 6.45) is 0.527. The molecule has 0 saturated heterocycles. The number of aromatic nitrogens is 3. The summed E-state index contributed by atoms with van der Waals surface area (Å²) in [6.45, 7) is 2.28. The smallest absolute Gasteiger partial charge is 0.191 e. The van der Waals surface area contributed by atoms with E-state index in [9.17, 15) is 4.79 Å². The average Bonchev–Trinajstić information content (AvgIpc) is 2.99. The summed E-state index contributed by atoms with van der Waals surface area (Å²) in [4.78, 5) is 11.2. The molecule has 0 radical (unpaired) electrons. The Bertz CT molecular complexity index is 847. The highest BCUT2D eigenvalue weighted by Gasteiger charge is 2.15. The minimum Gasteiger partial charge on any atom is -0.300 e. The first-order valence-electron chi connectivity index (χ1n) is 7.99. The van der Waals surface area contributed by atoms with Gasteiger partial charge in [-0.1, -0.05) is 53.7 Å². The third-order valence-electron chi connectivity index (χ3n) is 3.69. The molecule has 3 aromatic rings. The summed E-state index contributed by atoms with van der Waals surface area (Å²) >= 11 is 7.55. The number of carbonyl (C=O) groups excluding carboxylic acids is 1. The maximum absolute atomic E-state index is 11.2. The standard InChI is InChI=1S/C19H18ClN3OS/c1-14(24)11-12-25-19-22-21-18(16-7-9-17(20)10-8-16)23(19)13-15-5-3-2-4-6-15/h2-10H,11-13H2,1H3. The number of thioether (sulfide) groups is 1. The molecule has 0 aliphatic rings. The van der Waals surface area contributed by atoms with Crippen molar-refractivity contribution in [2.45, 2.75) is 25.0 Å². The van der Waals surface area contributed by atoms with Gasteiger partial charge in [-0.15, -0.1) is 10.2 Å². The van der Waals surface area contributed by atoms with Gasteiger partial charge >= 0.3 is 0 Å². The van der Waals surface area contributed by atoms with Gasteiger partial charge in [0.05, 0.1) is 6.54 Å². The molecule has 2 aromatic carbocycles. The lowest BCUT2D eigenvalue weighted by molar-refractivity contribution is -0.116. The van der Waals surface area contributed by atoms with Gasteiger partial charge in [0.25, 0.3) is 0 Å². The maximum atomic E-state index is 11.2. The third kappa shape index (κ3) is 4.71. The number of Topliss-reactive ketones (excluding diaryl/α,β-unsaturated/α-hetero) is 1. The van der Waals surface area contributed by atoms with Crippen molar-refractivity contribution in [3.63, 3.8) is 0 Å². The van der Waals surface area contributed by atoms with Crippen molar-refractivity contribution >= 4 is 29.1 Å². The molecule has 128 valence electrons. The molecule has 3 rings (SSSR count). The molecule has 0 saturated carbocycles. The molecular formula is C19H18ClN3OS. The van der Waals surface area contributed by atoms with Gasteiger partial charge in [-0.2, -0.15) is 0 Å². The molecule has 1 aromatic heterocycles. The number of hydrogen-bond donors (Lipinski definition) is 0. The minimum atomic E-state index is 0.180. The molecule has 1 heterocycles. The van der Waals surface area contributed by atoms with E-state index < -0.39 is 0 Å². The van der Waals surface area contributed by atoms with E-state index in [1.807, 2.05) is 42.5 Å². The summed E-state index contributed by atoms with van der Waals surface area (Å²) < 4.78 is 2.09. The van der Waals surface area contributed by atoms with Gasteiger partial charge in [0.1, 0.15) is 5.78 Å². The van der Waals surface area contributed by atoms with Crippen molar-refractivity contribution < 1.29 is 4.79 Å². The molecule has 0 unspecified atom stereocenters. The zero-order chi connectivity index (χ0) is 17.6. The van der Waals surface area contributed by atoms with E-state index in [1.165, 1.54) is 5.56 Å². The van der Waals surface area contributed by atoms with Crippen LogP contribution in [-0.4, -0.2) is 26.3 Å². The Morgan fingerprint density at radius 3 is 2.48 bits per heavy atom. The van der Waals surface area contributed by atoms with Gasteiger partial charge in [-0.05, 0) is 36.8 Å². The van der Waals surface area contributed by atoms with Crippen LogP contribution in [0.4, 0.5) is 0 Å². The number of halogens is 1. The molecule has 0 spiro atoms. The second kappa shape index (κ2) is 8.32. The molecule has 0 atom stereocenters. The molecule has 4 nitrogen and oxygen atoms in total. The van der Waals surface area contributed by atoms with E-state index in [2.05, 4.69) is 26.9 Å². The first-order valence-corrected chi connectivity index (χ1v) is 9.35. The van der Waals surface area contributed by atoms with Crippen LogP contribution < -0.4 is 0 Å². The number of rotatable bonds is 7. The molecule has 0 amide bonds. The Hall–Kier alpha value is -2.11. The Balaban J connectivity index is 1.92. The van der Waals surface area contributed by atoms with Crippen LogP contribution in [-0.2, 0) is 11.3 Å². The van der Waals surface area contributed by atoms with E-state index in [-0.39, 0.29) is 5.78 Å². The van der Waals surface area contributed by atoms with Crippen LogP contribution in [0.5, 0.6) is 0 Å². The number of hydrogen-bond acceptors (Lipinski definition) is 4. The van der Waals surface area contributed by atoms with E-state index in [0.717, 1.165) is 16.5 Å². The van der Waals surface area contributed by atoms with Crippen molar-refractivity contribution in [2.24, 2.45) is 0 Å². The van der Waals surface area contributed by atoms with Gasteiger partial charge in [0, 0.05) is 22.8 Å². The second-order valence-corrected chi connectivity index (χ2v) is 7.18. The van der Waals surface area contributed by atoms with Crippen molar-refractivity contribution in [3.05, 3.63) is 65.2 Å². The lowest BCUT2D eigenvalue weighted by atomic mass is 10.2. The molecule has 0 aliphatic heterocycles. The van der Waals surface area contributed by atoms with Gasteiger partial charge in [-0.25, -0.2) is 0 Å². The van der Waals surface area contributed by atoms with Crippen LogP contribution >= 0.6 is 23.4 Å². The highest BCUT2D eigenvalue weighted by molar-refractivity contribution is 7.99. The first kappa shape index (κ1) is 17.7. The lowest BCUT2D eigenvalue weighted by Crippen LogP contribution is -2.04. The number of carbonyl (C=O) groups is 1. The van der Waals surface area contributed by atoms with Crippen LogP contribution in [0.3, 0.4) is 0 Å². The second-order valence-electron chi connectivity index (χ2n) is 5.69. The predicted octanol–water partition coefficient (Wildman–Crippen LogP) is 4.72. The van der Waals surface area contributed by atoms with Crippen molar-refractivity contribution in [3.8, 4) is 11.4 Å². The summed E-state index contributed by atoms with van der Waals surface area (Å²) in [5.74, 6) is 1.67. The molecular weight excluding hydrogens is 354 g/mol. The molecule has 0 N–H and O–H groups in total. The van der Waals surface area contributed by atoms with Gasteiger partial charge in [0.2, 0.25) is 0 Å². The fourth-order valence-corrected chi connectivity index (χ4v) is 3.51. The normalized spacial score (nSPS) is 10.8. The van der Waals surface area contributed by atoms with E-state index >= 15 is 0 Å². The summed E-state index contributed by atoms with van der Waals surface area (Å²) in [6, 6.07) is 17.8. The van der Waals surface area contributed by atoms with Gasteiger partial charge in [-0.3, -0.25) is 9.36 Å². The van der Waals surface area contributed by atoms with Gasteiger partial charge in [0.15, 0.2) is 11.0 Å². The number of benzene rings is 2. The SMILES string of the molecule is CC(=O)CCSc1nnc(-c2ccc(Cl)cc2)n1Cc1ccccc1. The monoisotopic (exact) mass is 371 g/mol. The molecule has 6 heteroatoms. The van der Waals surface area contributed by atoms with E-state index in [0.29, 0.717) is 23.7 Å². The van der Waals surface area contributed by atoms with Crippen molar-refractivity contribution in [1.82, 2.24) is 14.8 Å². The molecule has 25 heavy (non-hydrogen) atoms. The topological polar surface area (TPSA) is 47.8 Å².